The Balaban J connectivity index is 1.50. The van der Waals surface area contributed by atoms with Crippen molar-refractivity contribution in [3.8, 4) is 0 Å². The van der Waals surface area contributed by atoms with E-state index in [0.29, 0.717) is 11.5 Å². The highest BCUT2D eigenvalue weighted by molar-refractivity contribution is 5.79. The lowest BCUT2D eigenvalue weighted by Crippen LogP contribution is -2.63. The van der Waals surface area contributed by atoms with Crippen LogP contribution in [0.4, 0.5) is 0 Å². The first-order valence-electron chi connectivity index (χ1n) is 9.23. The number of fused-ring (bicyclic) bond motifs is 3. The second kappa shape index (κ2) is 7.18. The Hall–Kier alpha value is -0.810. The molecule has 2 bridgehead atoms. The molecule has 0 aromatic carbocycles. The molecule has 0 aromatic rings. The molecule has 0 aromatic heterocycles. The number of hydrogen-bond acceptors (Lipinski definition) is 3. The molecular formula is C17H33N5. The summed E-state index contributed by atoms with van der Waals surface area (Å²) in [6.07, 6.45) is 5.37. The highest BCUT2D eigenvalue weighted by atomic mass is 15.4. The van der Waals surface area contributed by atoms with Crippen LogP contribution in [0.3, 0.4) is 0 Å². The van der Waals surface area contributed by atoms with Crippen LogP contribution in [0.15, 0.2) is 4.99 Å². The van der Waals surface area contributed by atoms with Gasteiger partial charge in [-0.25, -0.2) is 0 Å². The topological polar surface area (TPSA) is 42.9 Å². The summed E-state index contributed by atoms with van der Waals surface area (Å²) in [5.41, 5.74) is 0.501. The second-order valence-electron chi connectivity index (χ2n) is 7.27. The standard InChI is InChI=1S/C17H33N5/c1-3-17(6-5-7-17)14-20-16(18-4-2)19-12-15-13-21-8-10-22(15)11-9-21/h15H,3-14H2,1-2H3,(H2,18,19,20). The minimum atomic E-state index is 0.501. The van der Waals surface area contributed by atoms with E-state index >= 15 is 0 Å². The third-order valence-corrected chi connectivity index (χ3v) is 5.98. The van der Waals surface area contributed by atoms with E-state index in [0.717, 1.165) is 25.6 Å². The first-order chi connectivity index (χ1) is 10.7. The van der Waals surface area contributed by atoms with E-state index in [9.17, 15) is 0 Å². The summed E-state index contributed by atoms with van der Waals surface area (Å²) >= 11 is 0. The van der Waals surface area contributed by atoms with Gasteiger partial charge in [0.25, 0.3) is 0 Å². The first kappa shape index (κ1) is 16.1. The van der Waals surface area contributed by atoms with Crippen molar-refractivity contribution < 1.29 is 0 Å². The highest BCUT2D eigenvalue weighted by Gasteiger charge is 2.35. The van der Waals surface area contributed by atoms with Crippen molar-refractivity contribution >= 4 is 5.96 Å². The van der Waals surface area contributed by atoms with Crippen LogP contribution in [-0.4, -0.2) is 74.2 Å². The molecule has 5 nitrogen and oxygen atoms in total. The zero-order chi connectivity index (χ0) is 15.4. The Morgan fingerprint density at radius 2 is 1.91 bits per heavy atom. The number of piperazine rings is 3. The van der Waals surface area contributed by atoms with Gasteiger partial charge in [0.1, 0.15) is 0 Å². The Morgan fingerprint density at radius 1 is 1.14 bits per heavy atom. The monoisotopic (exact) mass is 307 g/mol. The molecule has 22 heavy (non-hydrogen) atoms. The minimum Gasteiger partial charge on any atom is -0.357 e. The average Bonchev–Trinajstić information content (AvgIpc) is 2.53. The highest BCUT2D eigenvalue weighted by Crippen LogP contribution is 2.43. The maximum atomic E-state index is 4.89. The van der Waals surface area contributed by atoms with Crippen LogP contribution in [0.5, 0.6) is 0 Å². The third kappa shape index (κ3) is 3.57. The summed E-state index contributed by atoms with van der Waals surface area (Å²) < 4.78 is 0. The normalized spacial score (nSPS) is 33.4. The minimum absolute atomic E-state index is 0.501. The van der Waals surface area contributed by atoms with Crippen LogP contribution < -0.4 is 10.6 Å². The van der Waals surface area contributed by atoms with E-state index in [-0.39, 0.29) is 0 Å². The molecule has 1 atom stereocenters. The van der Waals surface area contributed by atoms with Gasteiger partial charge in [-0.1, -0.05) is 13.3 Å². The predicted octanol–water partition coefficient (Wildman–Crippen LogP) is 1.12. The lowest BCUT2D eigenvalue weighted by Gasteiger charge is -2.47. The van der Waals surface area contributed by atoms with Crippen molar-refractivity contribution in [1.82, 2.24) is 20.4 Å². The molecule has 126 valence electrons. The van der Waals surface area contributed by atoms with Gasteiger partial charge in [0.05, 0.1) is 0 Å². The summed E-state index contributed by atoms with van der Waals surface area (Å²) in [5, 5.41) is 7.01. The lowest BCUT2D eigenvalue weighted by atomic mass is 9.67. The fraction of sp³-hybridized carbons (Fsp3) is 0.941. The Labute approximate surface area is 135 Å². The van der Waals surface area contributed by atoms with Crippen LogP contribution >= 0.6 is 0 Å². The molecule has 4 rings (SSSR count). The van der Waals surface area contributed by atoms with Crippen molar-refractivity contribution in [2.24, 2.45) is 10.4 Å². The SMILES string of the molecule is CCNC(=NCC1(CC)CCC1)NCC1CN2CCN1CC2. The van der Waals surface area contributed by atoms with Gasteiger partial charge < -0.3 is 10.6 Å². The lowest BCUT2D eigenvalue weighted by molar-refractivity contribution is 0.0154. The van der Waals surface area contributed by atoms with Crippen molar-refractivity contribution in [1.29, 1.82) is 0 Å². The van der Waals surface area contributed by atoms with Gasteiger partial charge in [-0.15, -0.1) is 0 Å². The predicted molar refractivity (Wildman–Crippen MR) is 92.4 cm³/mol. The van der Waals surface area contributed by atoms with E-state index in [2.05, 4.69) is 34.3 Å². The molecule has 5 heteroatoms. The van der Waals surface area contributed by atoms with E-state index in [4.69, 9.17) is 4.99 Å². The summed E-state index contributed by atoms with van der Waals surface area (Å²) in [7, 11) is 0. The maximum absolute atomic E-state index is 4.89. The first-order valence-corrected chi connectivity index (χ1v) is 9.23. The van der Waals surface area contributed by atoms with Gasteiger partial charge in [-0.05, 0) is 31.6 Å². The van der Waals surface area contributed by atoms with Crippen LogP contribution in [0.2, 0.25) is 0 Å². The summed E-state index contributed by atoms with van der Waals surface area (Å²) in [4.78, 5) is 10.1. The molecule has 0 radical (unpaired) electrons. The van der Waals surface area contributed by atoms with Gasteiger partial charge >= 0.3 is 0 Å². The van der Waals surface area contributed by atoms with E-state index < -0.39 is 0 Å². The van der Waals surface area contributed by atoms with Gasteiger partial charge in [0.2, 0.25) is 0 Å². The smallest absolute Gasteiger partial charge is 0.191 e. The molecule has 3 saturated heterocycles. The zero-order valence-corrected chi connectivity index (χ0v) is 14.4. The molecule has 2 N–H and O–H groups in total. The van der Waals surface area contributed by atoms with Gasteiger partial charge in [0, 0.05) is 58.4 Å². The average molecular weight is 307 g/mol. The fourth-order valence-corrected chi connectivity index (χ4v) is 4.02. The molecule has 0 amide bonds. The summed E-state index contributed by atoms with van der Waals surface area (Å²) in [6, 6.07) is 0.648. The van der Waals surface area contributed by atoms with Crippen molar-refractivity contribution in [3.63, 3.8) is 0 Å². The van der Waals surface area contributed by atoms with Crippen molar-refractivity contribution in [2.75, 3.05) is 52.4 Å². The van der Waals surface area contributed by atoms with E-state index in [1.54, 1.807) is 0 Å². The number of nitrogens with zero attached hydrogens (tertiary/aromatic N) is 3. The van der Waals surface area contributed by atoms with Crippen LogP contribution in [0.1, 0.15) is 39.5 Å². The van der Waals surface area contributed by atoms with E-state index in [1.165, 1.54) is 58.4 Å². The number of guanidine groups is 1. The Kier molecular flexibility index (Phi) is 5.24. The Morgan fingerprint density at radius 3 is 2.41 bits per heavy atom. The number of rotatable bonds is 6. The largest absolute Gasteiger partial charge is 0.357 e. The summed E-state index contributed by atoms with van der Waals surface area (Å²) in [5.74, 6) is 1.01. The molecule has 4 aliphatic rings. The molecule has 1 unspecified atom stereocenters. The van der Waals surface area contributed by atoms with Crippen LogP contribution in [0.25, 0.3) is 0 Å². The molecule has 4 fully saturated rings. The summed E-state index contributed by atoms with van der Waals surface area (Å²) in [6.45, 7) is 13.6. The fourth-order valence-electron chi connectivity index (χ4n) is 4.02. The molecule has 1 aliphatic carbocycles. The molecule has 3 aliphatic heterocycles. The van der Waals surface area contributed by atoms with Gasteiger partial charge in [0.15, 0.2) is 5.96 Å². The second-order valence-corrected chi connectivity index (χ2v) is 7.27. The van der Waals surface area contributed by atoms with Crippen molar-refractivity contribution in [2.45, 2.75) is 45.6 Å². The zero-order valence-electron chi connectivity index (χ0n) is 14.4. The van der Waals surface area contributed by atoms with Crippen molar-refractivity contribution in [3.05, 3.63) is 0 Å². The number of hydrogen-bond donors (Lipinski definition) is 2. The molecule has 0 spiro atoms. The maximum Gasteiger partial charge on any atom is 0.191 e. The number of aliphatic imine (C=N–C) groups is 1. The Bertz CT molecular complexity index is 377. The van der Waals surface area contributed by atoms with E-state index in [1.807, 2.05) is 0 Å². The van der Waals surface area contributed by atoms with Crippen LogP contribution in [0, 0.1) is 5.41 Å². The van der Waals surface area contributed by atoms with Crippen LogP contribution in [-0.2, 0) is 0 Å². The number of nitrogens with one attached hydrogen (secondary N) is 2. The molecule has 1 saturated carbocycles. The quantitative estimate of drug-likeness (QED) is 0.570. The molecular weight excluding hydrogens is 274 g/mol. The van der Waals surface area contributed by atoms with Gasteiger partial charge in [-0.3, -0.25) is 14.8 Å². The molecule has 3 heterocycles. The van der Waals surface area contributed by atoms with Gasteiger partial charge in [-0.2, -0.15) is 0 Å². The third-order valence-electron chi connectivity index (χ3n) is 5.98.